The molecule has 0 radical (unpaired) electrons. The van der Waals surface area contributed by atoms with Gasteiger partial charge < -0.3 is 30.5 Å². The van der Waals surface area contributed by atoms with Crippen LogP contribution in [0.1, 0.15) is 6.23 Å². The SMILES string of the molecule is Nc1nc(F)nc2c1[nH]c[n+]2C1OC(COP(=O)(O)O)C(O)C1O. The molecule has 0 bridgehead atoms. The first-order valence-electron chi connectivity index (χ1n) is 6.60. The number of hydrogen-bond acceptors (Lipinski definition) is 8. The molecule has 24 heavy (non-hydrogen) atoms. The van der Waals surface area contributed by atoms with Crippen molar-refractivity contribution in [3.05, 3.63) is 12.4 Å². The van der Waals surface area contributed by atoms with Crippen LogP contribution in [0.5, 0.6) is 0 Å². The smallest absolute Gasteiger partial charge is 0.387 e. The zero-order valence-corrected chi connectivity index (χ0v) is 12.7. The molecule has 4 unspecified atom stereocenters. The molecule has 1 fully saturated rings. The number of halogens is 1. The number of hydrogen-bond donors (Lipinski definition) is 6. The van der Waals surface area contributed by atoms with Crippen LogP contribution in [0.4, 0.5) is 10.2 Å². The van der Waals surface area contributed by atoms with Gasteiger partial charge in [-0.1, -0.05) is 0 Å². The molecule has 132 valence electrons. The molecule has 0 spiro atoms. The summed E-state index contributed by atoms with van der Waals surface area (Å²) in [6.07, 6.45) is -5.24. The molecule has 0 saturated carbocycles. The Bertz CT molecular complexity index is 812. The molecule has 2 aromatic rings. The van der Waals surface area contributed by atoms with Gasteiger partial charge in [0.05, 0.1) is 6.61 Å². The van der Waals surface area contributed by atoms with Crippen molar-refractivity contribution in [2.75, 3.05) is 12.3 Å². The summed E-state index contributed by atoms with van der Waals surface area (Å²) < 4.78 is 34.9. The summed E-state index contributed by atoms with van der Waals surface area (Å²) in [6, 6.07) is 0. The maximum atomic E-state index is 13.4. The van der Waals surface area contributed by atoms with Gasteiger partial charge in [0.15, 0.2) is 12.1 Å². The van der Waals surface area contributed by atoms with Crippen molar-refractivity contribution in [1.82, 2.24) is 15.0 Å². The lowest BCUT2D eigenvalue weighted by molar-refractivity contribution is -0.745. The third-order valence-corrected chi connectivity index (χ3v) is 3.99. The minimum absolute atomic E-state index is 0.0205. The fraction of sp³-hybridized carbons (Fsp3) is 0.500. The van der Waals surface area contributed by atoms with Crippen LogP contribution in [0, 0.1) is 6.08 Å². The predicted molar refractivity (Wildman–Crippen MR) is 72.4 cm³/mol. The summed E-state index contributed by atoms with van der Waals surface area (Å²) in [5.74, 6) is -0.161. The van der Waals surface area contributed by atoms with E-state index in [1.807, 2.05) is 0 Å². The van der Waals surface area contributed by atoms with Gasteiger partial charge in [0, 0.05) is 0 Å². The zero-order valence-electron chi connectivity index (χ0n) is 11.9. The maximum Gasteiger partial charge on any atom is 0.469 e. The summed E-state index contributed by atoms with van der Waals surface area (Å²) in [4.78, 5) is 27.0. The Hall–Kier alpha value is -1.73. The lowest BCUT2D eigenvalue weighted by atomic mass is 10.1. The number of nitrogens with zero attached hydrogens (tertiary/aromatic N) is 3. The van der Waals surface area contributed by atoms with Crippen molar-refractivity contribution in [2.24, 2.45) is 0 Å². The largest absolute Gasteiger partial charge is 0.469 e. The van der Waals surface area contributed by atoms with E-state index in [1.54, 1.807) is 0 Å². The number of nitrogen functional groups attached to an aromatic ring is 1. The number of anilines is 1. The predicted octanol–water partition coefficient (Wildman–Crippen LogP) is -2.30. The van der Waals surface area contributed by atoms with Crippen molar-refractivity contribution >= 4 is 24.8 Å². The number of fused-ring (bicyclic) bond motifs is 1. The molecule has 0 aromatic carbocycles. The average molecular weight is 366 g/mol. The third-order valence-electron chi connectivity index (χ3n) is 3.50. The van der Waals surface area contributed by atoms with Crippen molar-refractivity contribution in [1.29, 1.82) is 0 Å². The summed E-state index contributed by atoms with van der Waals surface area (Å²) in [6.45, 7) is -0.659. The molecule has 0 aliphatic carbocycles. The van der Waals surface area contributed by atoms with Gasteiger partial charge in [-0.05, 0) is 4.98 Å². The van der Waals surface area contributed by atoms with Gasteiger partial charge in [-0.25, -0.2) is 9.13 Å². The second-order valence-electron chi connectivity index (χ2n) is 5.09. The van der Waals surface area contributed by atoms with Crippen molar-refractivity contribution in [3.63, 3.8) is 0 Å². The fourth-order valence-electron chi connectivity index (χ4n) is 2.42. The number of nitrogens with one attached hydrogen (secondary N) is 1. The Morgan fingerprint density at radius 3 is 2.79 bits per heavy atom. The van der Waals surface area contributed by atoms with Gasteiger partial charge >= 0.3 is 19.5 Å². The minimum atomic E-state index is -4.77. The number of rotatable bonds is 4. The number of nitrogens with two attached hydrogens (primary N) is 1. The van der Waals surface area contributed by atoms with Crippen LogP contribution >= 0.6 is 7.82 Å². The van der Waals surface area contributed by atoms with Crippen molar-refractivity contribution < 1.29 is 42.8 Å². The number of aliphatic hydroxyl groups is 2. The first-order valence-corrected chi connectivity index (χ1v) is 8.13. The number of ether oxygens (including phenoxy) is 1. The van der Waals surface area contributed by atoms with Crippen LogP contribution in [0.2, 0.25) is 0 Å². The van der Waals surface area contributed by atoms with Gasteiger partial charge in [0.25, 0.3) is 0 Å². The van der Waals surface area contributed by atoms with E-state index >= 15 is 0 Å². The molecule has 3 heterocycles. The monoisotopic (exact) mass is 366 g/mol. The summed E-state index contributed by atoms with van der Waals surface area (Å²) >= 11 is 0. The second-order valence-corrected chi connectivity index (χ2v) is 6.33. The molecule has 1 saturated heterocycles. The highest BCUT2D eigenvalue weighted by Gasteiger charge is 2.47. The number of H-pyrrole nitrogens is 1. The summed E-state index contributed by atoms with van der Waals surface area (Å²) in [7, 11) is -4.77. The Morgan fingerprint density at radius 1 is 1.42 bits per heavy atom. The number of phosphoric ester groups is 1. The number of phosphoric acid groups is 1. The van der Waals surface area contributed by atoms with Gasteiger partial charge in [0.2, 0.25) is 11.7 Å². The van der Waals surface area contributed by atoms with Crippen LogP contribution in [-0.4, -0.2) is 59.9 Å². The minimum Gasteiger partial charge on any atom is -0.387 e. The van der Waals surface area contributed by atoms with E-state index < -0.39 is 45.0 Å². The Morgan fingerprint density at radius 2 is 2.12 bits per heavy atom. The summed E-state index contributed by atoms with van der Waals surface area (Å²) in [5.41, 5.74) is 5.73. The number of imidazole rings is 1. The second kappa shape index (κ2) is 5.97. The highest BCUT2D eigenvalue weighted by molar-refractivity contribution is 7.46. The molecular weight excluding hydrogens is 352 g/mol. The first kappa shape index (κ1) is 17.1. The fourth-order valence-corrected chi connectivity index (χ4v) is 2.76. The molecule has 3 rings (SSSR count). The zero-order chi connectivity index (χ0) is 17.6. The van der Waals surface area contributed by atoms with E-state index in [2.05, 4.69) is 19.5 Å². The molecule has 2 aromatic heterocycles. The summed E-state index contributed by atoms with van der Waals surface area (Å²) in [5, 5.41) is 20.0. The van der Waals surface area contributed by atoms with E-state index in [9.17, 15) is 19.2 Å². The molecule has 12 nitrogen and oxygen atoms in total. The maximum absolute atomic E-state index is 13.4. The molecule has 7 N–H and O–H groups in total. The Labute approximate surface area is 132 Å². The van der Waals surface area contributed by atoms with Gasteiger partial charge in [-0.2, -0.15) is 4.98 Å². The van der Waals surface area contributed by atoms with E-state index in [1.165, 1.54) is 10.9 Å². The highest BCUT2D eigenvalue weighted by Crippen LogP contribution is 2.37. The molecular formula is C10H14FN5O7P+. The highest BCUT2D eigenvalue weighted by atomic mass is 31.2. The van der Waals surface area contributed by atoms with E-state index in [0.29, 0.717) is 0 Å². The van der Waals surface area contributed by atoms with E-state index in [0.717, 1.165) is 0 Å². The van der Waals surface area contributed by atoms with Gasteiger partial charge in [-0.3, -0.25) is 9.51 Å². The number of aliphatic hydroxyl groups excluding tert-OH is 2. The molecule has 1 aliphatic rings. The first-order chi connectivity index (χ1) is 11.2. The van der Waals surface area contributed by atoms with Crippen LogP contribution in [0.3, 0.4) is 0 Å². The van der Waals surface area contributed by atoms with Crippen LogP contribution in [0.15, 0.2) is 6.33 Å². The van der Waals surface area contributed by atoms with Gasteiger partial charge in [0.1, 0.15) is 18.3 Å². The molecule has 1 aliphatic heterocycles. The topological polar surface area (TPSA) is 188 Å². The average Bonchev–Trinajstić information content (AvgIpc) is 3.00. The molecule has 14 heteroatoms. The number of aromatic amines is 1. The number of aromatic nitrogens is 4. The third kappa shape index (κ3) is 3.10. The molecule has 4 atom stereocenters. The van der Waals surface area contributed by atoms with Crippen LogP contribution in [0.25, 0.3) is 11.2 Å². The Balaban J connectivity index is 1.89. The van der Waals surface area contributed by atoms with Crippen LogP contribution < -0.4 is 10.3 Å². The van der Waals surface area contributed by atoms with E-state index in [4.69, 9.17) is 20.3 Å². The van der Waals surface area contributed by atoms with Crippen LogP contribution in [-0.2, 0) is 13.8 Å². The van der Waals surface area contributed by atoms with Crippen molar-refractivity contribution in [2.45, 2.75) is 24.5 Å². The lowest BCUT2D eigenvalue weighted by Crippen LogP contribution is -2.45. The van der Waals surface area contributed by atoms with Gasteiger partial charge in [-0.15, -0.1) is 4.39 Å². The normalized spacial score (nSPS) is 27.9. The van der Waals surface area contributed by atoms with Crippen molar-refractivity contribution in [3.8, 4) is 0 Å². The lowest BCUT2D eigenvalue weighted by Gasteiger charge is -2.14. The molecule has 0 amide bonds. The quantitative estimate of drug-likeness (QED) is 0.195. The van der Waals surface area contributed by atoms with E-state index in [-0.39, 0.29) is 17.0 Å². The Kier molecular flexibility index (Phi) is 4.25. The standard InChI is InChI=1S/C10H13FN5O7P/c11-10-14-7(12)4-8(15-10)16(2-13-4)9-6(18)5(17)3(23-9)1-22-24(19,20)21/h2-3,5-6,9,17-18H,1H2,(H4,12,14,15,19,20,21)/p+1.